The van der Waals surface area contributed by atoms with E-state index in [2.05, 4.69) is 68.3 Å². The van der Waals surface area contributed by atoms with Crippen molar-refractivity contribution in [3.8, 4) is 11.8 Å². The quantitative estimate of drug-likeness (QED) is 0.311. The van der Waals surface area contributed by atoms with Gasteiger partial charge in [-0.2, -0.15) is 0 Å². The molecular formula is C29H30ClNO2. The summed E-state index contributed by atoms with van der Waals surface area (Å²) in [4.78, 5) is 10.6. The van der Waals surface area contributed by atoms with E-state index in [4.69, 9.17) is 16.7 Å². The number of carboxylic acid groups (broad SMARTS) is 1. The van der Waals surface area contributed by atoms with Gasteiger partial charge in [-0.05, 0) is 78.8 Å². The summed E-state index contributed by atoms with van der Waals surface area (Å²) in [5.41, 5.74) is 8.17. The maximum absolute atomic E-state index is 10.6. The first kappa shape index (κ1) is 24.6. The van der Waals surface area contributed by atoms with Gasteiger partial charge in [-0.25, -0.2) is 0 Å². The Hall–Kier alpha value is -3.06. The fourth-order valence-corrected chi connectivity index (χ4v) is 3.91. The molecule has 2 N–H and O–H groups in total. The van der Waals surface area contributed by atoms with Crippen LogP contribution in [0.5, 0.6) is 0 Å². The summed E-state index contributed by atoms with van der Waals surface area (Å²) in [6.45, 7) is 7.42. The predicted octanol–water partition coefficient (Wildman–Crippen LogP) is 6.21. The van der Waals surface area contributed by atoms with Crippen molar-refractivity contribution in [1.82, 2.24) is 5.32 Å². The minimum absolute atomic E-state index is 0.0302. The number of carbonyl (C=O) groups is 1. The van der Waals surface area contributed by atoms with Gasteiger partial charge in [0.05, 0.1) is 6.42 Å². The van der Waals surface area contributed by atoms with E-state index < -0.39 is 5.97 Å². The Kier molecular flexibility index (Phi) is 8.72. The summed E-state index contributed by atoms with van der Waals surface area (Å²) in [6.07, 6.45) is 0.938. The molecular weight excluding hydrogens is 430 g/mol. The van der Waals surface area contributed by atoms with E-state index in [9.17, 15) is 4.79 Å². The van der Waals surface area contributed by atoms with E-state index >= 15 is 0 Å². The lowest BCUT2D eigenvalue weighted by Crippen LogP contribution is -2.17. The molecule has 1 unspecified atom stereocenters. The minimum Gasteiger partial charge on any atom is -0.481 e. The predicted molar refractivity (Wildman–Crippen MR) is 136 cm³/mol. The smallest absolute Gasteiger partial charge is 0.304 e. The van der Waals surface area contributed by atoms with E-state index in [0.29, 0.717) is 13.1 Å². The monoisotopic (exact) mass is 459 g/mol. The van der Waals surface area contributed by atoms with Crippen LogP contribution < -0.4 is 5.32 Å². The number of rotatable bonds is 8. The Labute approximate surface area is 201 Å². The van der Waals surface area contributed by atoms with E-state index in [0.717, 1.165) is 33.7 Å². The molecule has 1 atom stereocenters. The van der Waals surface area contributed by atoms with Crippen molar-refractivity contribution < 1.29 is 9.90 Å². The molecule has 3 aromatic carbocycles. The Morgan fingerprint density at radius 2 is 1.73 bits per heavy atom. The highest BCUT2D eigenvalue weighted by atomic mass is 35.5. The Bertz CT molecular complexity index is 1190. The normalized spacial score (nSPS) is 11.5. The van der Waals surface area contributed by atoms with Crippen molar-refractivity contribution in [2.45, 2.75) is 46.1 Å². The molecule has 0 amide bonds. The average molecular weight is 460 g/mol. The maximum atomic E-state index is 10.6. The molecule has 0 saturated heterocycles. The van der Waals surface area contributed by atoms with Crippen LogP contribution in [-0.2, 0) is 17.8 Å². The summed E-state index contributed by atoms with van der Waals surface area (Å²) in [5.74, 6) is 6.13. The molecule has 0 aliphatic carbocycles. The van der Waals surface area contributed by atoms with Crippen LogP contribution in [0.1, 0.15) is 51.3 Å². The second-order valence-electron chi connectivity index (χ2n) is 8.47. The van der Waals surface area contributed by atoms with Gasteiger partial charge in [0.1, 0.15) is 0 Å². The van der Waals surface area contributed by atoms with Crippen LogP contribution in [0.15, 0.2) is 60.7 Å². The first-order chi connectivity index (χ1) is 15.8. The highest BCUT2D eigenvalue weighted by Crippen LogP contribution is 2.25. The summed E-state index contributed by atoms with van der Waals surface area (Å²) >= 11 is 6.28. The first-order valence-corrected chi connectivity index (χ1v) is 11.5. The van der Waals surface area contributed by atoms with Gasteiger partial charge in [0.2, 0.25) is 0 Å². The number of carboxylic acids is 1. The fourth-order valence-electron chi connectivity index (χ4n) is 3.71. The minimum atomic E-state index is -0.792. The van der Waals surface area contributed by atoms with Gasteiger partial charge in [-0.3, -0.25) is 4.79 Å². The average Bonchev–Trinajstić information content (AvgIpc) is 2.77. The Morgan fingerprint density at radius 1 is 0.970 bits per heavy atom. The third-order valence-corrected chi connectivity index (χ3v) is 6.01. The molecule has 0 aliphatic rings. The maximum Gasteiger partial charge on any atom is 0.304 e. The molecule has 3 aromatic rings. The van der Waals surface area contributed by atoms with Crippen molar-refractivity contribution in [3.63, 3.8) is 0 Å². The molecule has 0 spiro atoms. The van der Waals surface area contributed by atoms with Gasteiger partial charge in [-0.1, -0.05) is 65.9 Å². The van der Waals surface area contributed by atoms with Gasteiger partial charge in [0, 0.05) is 29.6 Å². The zero-order valence-electron chi connectivity index (χ0n) is 19.4. The highest BCUT2D eigenvalue weighted by molar-refractivity contribution is 6.30. The lowest BCUT2D eigenvalue weighted by molar-refractivity contribution is -0.136. The van der Waals surface area contributed by atoms with E-state index in [1.54, 1.807) is 0 Å². The number of nitrogens with one attached hydrogen (secondary N) is 1. The largest absolute Gasteiger partial charge is 0.481 e. The molecule has 0 aliphatic heterocycles. The number of halogens is 1. The molecule has 170 valence electrons. The van der Waals surface area contributed by atoms with Crippen LogP contribution in [0.3, 0.4) is 0 Å². The van der Waals surface area contributed by atoms with E-state index in [1.807, 2.05) is 30.3 Å². The highest BCUT2D eigenvalue weighted by Gasteiger charge is 2.11. The van der Waals surface area contributed by atoms with Crippen LogP contribution >= 0.6 is 11.6 Å². The molecule has 0 heterocycles. The van der Waals surface area contributed by atoms with Crippen molar-refractivity contribution >= 4 is 17.6 Å². The topological polar surface area (TPSA) is 49.3 Å². The molecule has 0 bridgehead atoms. The zero-order chi connectivity index (χ0) is 23.8. The zero-order valence-corrected chi connectivity index (χ0v) is 20.2. The molecule has 0 aromatic heterocycles. The molecule has 33 heavy (non-hydrogen) atoms. The fraction of sp³-hybridized carbons (Fsp3) is 0.276. The van der Waals surface area contributed by atoms with Crippen LogP contribution in [-0.4, -0.2) is 17.6 Å². The van der Waals surface area contributed by atoms with Crippen LogP contribution in [0.25, 0.3) is 0 Å². The number of benzene rings is 3. The number of hydrogen-bond acceptors (Lipinski definition) is 2. The van der Waals surface area contributed by atoms with E-state index in [-0.39, 0.29) is 12.3 Å². The van der Waals surface area contributed by atoms with Crippen LogP contribution in [0, 0.1) is 32.6 Å². The summed E-state index contributed by atoms with van der Waals surface area (Å²) in [7, 11) is 0. The second-order valence-corrected chi connectivity index (χ2v) is 8.91. The van der Waals surface area contributed by atoms with Crippen LogP contribution in [0.2, 0.25) is 5.02 Å². The SMILES string of the molecule is Cc1ccc(CC(C#Cc2ccc(CNCCC(=O)O)cc2C)c2cccc(Cl)c2)cc1C. The lowest BCUT2D eigenvalue weighted by Gasteiger charge is -2.13. The molecule has 0 fully saturated rings. The number of hydrogen-bond donors (Lipinski definition) is 2. The lowest BCUT2D eigenvalue weighted by atomic mass is 9.90. The van der Waals surface area contributed by atoms with Gasteiger partial charge in [0.15, 0.2) is 0 Å². The third-order valence-electron chi connectivity index (χ3n) is 5.78. The van der Waals surface area contributed by atoms with Gasteiger partial charge in [-0.15, -0.1) is 0 Å². The number of aryl methyl sites for hydroxylation is 3. The van der Waals surface area contributed by atoms with Crippen molar-refractivity contribution in [2.75, 3.05) is 6.54 Å². The summed E-state index contributed by atoms with van der Waals surface area (Å²) in [6, 6.07) is 20.7. The number of aliphatic carboxylic acids is 1. The second kappa shape index (κ2) is 11.7. The molecule has 4 heteroatoms. The molecule has 0 radical (unpaired) electrons. The van der Waals surface area contributed by atoms with Crippen molar-refractivity contribution in [3.05, 3.63) is 105 Å². The summed E-state index contributed by atoms with van der Waals surface area (Å²) in [5, 5.41) is 12.6. The third kappa shape index (κ3) is 7.49. The van der Waals surface area contributed by atoms with Crippen LogP contribution in [0.4, 0.5) is 0 Å². The summed E-state index contributed by atoms with van der Waals surface area (Å²) < 4.78 is 0. The Morgan fingerprint density at radius 3 is 2.42 bits per heavy atom. The van der Waals surface area contributed by atoms with Crippen molar-refractivity contribution in [1.29, 1.82) is 0 Å². The molecule has 3 rings (SSSR count). The van der Waals surface area contributed by atoms with Gasteiger partial charge >= 0.3 is 5.97 Å². The standard InChI is InChI=1S/C29H30ClNO2/c1-20-7-8-23(15-21(20)2)17-27(26-5-4-6-28(30)18-26)12-11-25-10-9-24(16-22(25)3)19-31-14-13-29(32)33/h4-10,15-16,18,27,31H,13-14,17,19H2,1-3H3,(H,32,33). The van der Waals surface area contributed by atoms with Gasteiger partial charge in [0.25, 0.3) is 0 Å². The molecule has 0 saturated carbocycles. The van der Waals surface area contributed by atoms with Crippen molar-refractivity contribution in [2.24, 2.45) is 0 Å². The Balaban J connectivity index is 1.81. The molecule has 3 nitrogen and oxygen atoms in total. The van der Waals surface area contributed by atoms with Gasteiger partial charge < -0.3 is 10.4 Å². The first-order valence-electron chi connectivity index (χ1n) is 11.2. The van der Waals surface area contributed by atoms with E-state index in [1.165, 1.54) is 16.7 Å².